The number of nitriles is 1. The highest BCUT2D eigenvalue weighted by molar-refractivity contribution is 5.17. The lowest BCUT2D eigenvalue weighted by atomic mass is 9.87. The Labute approximate surface area is 107 Å². The summed E-state index contributed by atoms with van der Waals surface area (Å²) >= 11 is 0. The normalized spacial score (nSPS) is 17.2. The molecule has 2 rings (SSSR count). The van der Waals surface area contributed by atoms with Crippen LogP contribution in [0.3, 0.4) is 0 Å². The summed E-state index contributed by atoms with van der Waals surface area (Å²) in [4.78, 5) is 2.07. The highest BCUT2D eigenvalue weighted by atomic mass is 19.1. The third-order valence-electron chi connectivity index (χ3n) is 3.29. The molecule has 0 N–H and O–H groups in total. The van der Waals surface area contributed by atoms with Crippen molar-refractivity contribution in [1.82, 2.24) is 4.90 Å². The first-order valence-electron chi connectivity index (χ1n) is 6.06. The number of likely N-dealkylation sites (N-methyl/N-ethyl adjacent to an activating group) is 1. The largest absolute Gasteiger partial charge is 0.378 e. The number of hydrogen-bond donors (Lipinski definition) is 0. The van der Waals surface area contributed by atoms with E-state index >= 15 is 0 Å². The molecule has 1 aliphatic heterocycles. The summed E-state index contributed by atoms with van der Waals surface area (Å²) < 4.78 is 18.5. The summed E-state index contributed by atoms with van der Waals surface area (Å²) in [5.74, 6) is -0.159. The molecule has 0 radical (unpaired) electrons. The monoisotopic (exact) mass is 248 g/mol. The minimum absolute atomic E-state index is 0.159. The predicted molar refractivity (Wildman–Crippen MR) is 66.5 cm³/mol. The number of halogens is 1. The van der Waals surface area contributed by atoms with Crippen molar-refractivity contribution in [2.24, 2.45) is 5.41 Å². The molecule has 0 aromatic heterocycles. The fraction of sp³-hybridized carbons (Fsp3) is 0.500. The van der Waals surface area contributed by atoms with Gasteiger partial charge in [0.1, 0.15) is 11.2 Å². The van der Waals surface area contributed by atoms with Gasteiger partial charge in [0.05, 0.1) is 19.3 Å². The molecule has 18 heavy (non-hydrogen) atoms. The van der Waals surface area contributed by atoms with Crippen LogP contribution in [0.2, 0.25) is 0 Å². The van der Waals surface area contributed by atoms with Crippen LogP contribution >= 0.6 is 0 Å². The zero-order valence-corrected chi connectivity index (χ0v) is 10.5. The molecular formula is C14H17FN2O. The molecule has 0 unspecified atom stereocenters. The quantitative estimate of drug-likeness (QED) is 0.797. The van der Waals surface area contributed by atoms with Crippen molar-refractivity contribution < 1.29 is 9.13 Å². The van der Waals surface area contributed by atoms with Crippen LogP contribution in [0.1, 0.15) is 5.56 Å². The van der Waals surface area contributed by atoms with Crippen LogP contribution in [0.4, 0.5) is 4.39 Å². The Hall–Kier alpha value is -1.44. The van der Waals surface area contributed by atoms with E-state index in [0.717, 1.165) is 12.1 Å². The Kier molecular flexibility index (Phi) is 3.95. The van der Waals surface area contributed by atoms with Gasteiger partial charge in [-0.25, -0.2) is 4.39 Å². The molecule has 96 valence electrons. The maximum Gasteiger partial charge on any atom is 0.126 e. The van der Waals surface area contributed by atoms with Crippen molar-refractivity contribution in [1.29, 1.82) is 5.26 Å². The first-order chi connectivity index (χ1) is 8.65. The van der Waals surface area contributed by atoms with Crippen molar-refractivity contribution in [2.75, 3.05) is 33.4 Å². The maximum atomic E-state index is 13.4. The van der Waals surface area contributed by atoms with Crippen LogP contribution in [-0.4, -0.2) is 38.3 Å². The van der Waals surface area contributed by atoms with Gasteiger partial charge in [0.2, 0.25) is 0 Å². The van der Waals surface area contributed by atoms with Gasteiger partial charge in [0.15, 0.2) is 0 Å². The third kappa shape index (κ3) is 2.87. The van der Waals surface area contributed by atoms with Crippen LogP contribution in [0, 0.1) is 22.6 Å². The van der Waals surface area contributed by atoms with Gasteiger partial charge in [0.25, 0.3) is 0 Å². The molecule has 4 heteroatoms. The summed E-state index contributed by atoms with van der Waals surface area (Å²) in [6, 6.07) is 9.13. The van der Waals surface area contributed by atoms with Crippen molar-refractivity contribution in [3.05, 3.63) is 35.6 Å². The first-order valence-corrected chi connectivity index (χ1v) is 6.06. The summed E-state index contributed by atoms with van der Waals surface area (Å²) in [6.07, 6.45) is 0.658. The van der Waals surface area contributed by atoms with Crippen LogP contribution in [-0.2, 0) is 11.2 Å². The molecule has 0 saturated carbocycles. The van der Waals surface area contributed by atoms with E-state index in [1.54, 1.807) is 12.1 Å². The smallest absolute Gasteiger partial charge is 0.126 e. The number of rotatable bonds is 5. The second-order valence-electron chi connectivity index (χ2n) is 4.96. The summed E-state index contributed by atoms with van der Waals surface area (Å²) in [5.41, 5.74) is 0.365. The molecule has 0 atom stereocenters. The standard InChI is InChI=1S/C14H17FN2O/c1-17(9-14(8-16)10-18-11-14)7-6-12-4-2-3-5-13(12)15/h2-5H,6-7,9-11H2,1H3. The molecule has 0 spiro atoms. The average molecular weight is 248 g/mol. The highest BCUT2D eigenvalue weighted by Gasteiger charge is 2.39. The molecule has 1 heterocycles. The predicted octanol–water partition coefficient (Wildman–Crippen LogP) is 1.84. The van der Waals surface area contributed by atoms with Crippen LogP contribution in [0.15, 0.2) is 24.3 Å². The fourth-order valence-corrected chi connectivity index (χ4v) is 2.15. The van der Waals surface area contributed by atoms with Crippen molar-refractivity contribution in [3.63, 3.8) is 0 Å². The van der Waals surface area contributed by atoms with Crippen molar-refractivity contribution in [2.45, 2.75) is 6.42 Å². The van der Waals surface area contributed by atoms with E-state index in [-0.39, 0.29) is 11.2 Å². The minimum Gasteiger partial charge on any atom is -0.378 e. The van der Waals surface area contributed by atoms with Crippen LogP contribution in [0.5, 0.6) is 0 Å². The second kappa shape index (κ2) is 5.47. The van der Waals surface area contributed by atoms with Gasteiger partial charge in [0, 0.05) is 13.1 Å². The summed E-state index contributed by atoms with van der Waals surface area (Å²) in [5, 5.41) is 9.10. The molecule has 1 aromatic carbocycles. The van der Waals surface area contributed by atoms with Crippen molar-refractivity contribution >= 4 is 0 Å². The molecule has 1 fully saturated rings. The minimum atomic E-state index is -0.357. The average Bonchev–Trinajstić information content (AvgIpc) is 2.33. The van der Waals surface area contributed by atoms with Gasteiger partial charge in [-0.15, -0.1) is 0 Å². The SMILES string of the molecule is CN(CCc1ccccc1F)CC1(C#N)COC1. The first kappa shape index (κ1) is 13.0. The van der Waals surface area contributed by atoms with E-state index in [2.05, 4.69) is 11.0 Å². The molecule has 1 aliphatic rings. The van der Waals surface area contributed by atoms with Gasteiger partial charge >= 0.3 is 0 Å². The van der Waals surface area contributed by atoms with E-state index in [0.29, 0.717) is 26.2 Å². The van der Waals surface area contributed by atoms with Crippen molar-refractivity contribution in [3.8, 4) is 6.07 Å². The zero-order valence-electron chi connectivity index (χ0n) is 10.5. The molecule has 0 aliphatic carbocycles. The maximum absolute atomic E-state index is 13.4. The molecular weight excluding hydrogens is 231 g/mol. The lowest BCUT2D eigenvalue weighted by molar-refractivity contribution is -0.0886. The summed E-state index contributed by atoms with van der Waals surface area (Å²) in [6.45, 7) is 2.43. The Morgan fingerprint density at radius 3 is 2.72 bits per heavy atom. The van der Waals surface area contributed by atoms with Gasteiger partial charge < -0.3 is 9.64 Å². The highest BCUT2D eigenvalue weighted by Crippen LogP contribution is 2.27. The topological polar surface area (TPSA) is 36.3 Å². The second-order valence-corrected chi connectivity index (χ2v) is 4.96. The van der Waals surface area contributed by atoms with Crippen LogP contribution in [0.25, 0.3) is 0 Å². The van der Waals surface area contributed by atoms with Gasteiger partial charge in [-0.1, -0.05) is 18.2 Å². The Morgan fingerprint density at radius 2 is 2.17 bits per heavy atom. The Bertz CT molecular complexity index is 451. The van der Waals surface area contributed by atoms with Gasteiger partial charge in [-0.3, -0.25) is 0 Å². The number of nitrogens with zero attached hydrogens (tertiary/aromatic N) is 2. The molecule has 0 amide bonds. The van der Waals surface area contributed by atoms with Gasteiger partial charge in [-0.05, 0) is 25.1 Å². The summed E-state index contributed by atoms with van der Waals surface area (Å²) in [7, 11) is 1.96. The van der Waals surface area contributed by atoms with E-state index in [4.69, 9.17) is 10.00 Å². The molecule has 3 nitrogen and oxygen atoms in total. The Morgan fingerprint density at radius 1 is 1.44 bits per heavy atom. The third-order valence-corrected chi connectivity index (χ3v) is 3.29. The number of ether oxygens (including phenoxy) is 1. The molecule has 1 saturated heterocycles. The lowest BCUT2D eigenvalue weighted by Crippen LogP contribution is -2.49. The van der Waals surface area contributed by atoms with E-state index in [1.165, 1.54) is 6.07 Å². The zero-order chi connectivity index (χ0) is 13.0. The van der Waals surface area contributed by atoms with E-state index in [9.17, 15) is 4.39 Å². The van der Waals surface area contributed by atoms with Crippen LogP contribution < -0.4 is 0 Å². The Balaban J connectivity index is 1.84. The van der Waals surface area contributed by atoms with Gasteiger partial charge in [-0.2, -0.15) is 5.26 Å². The number of benzene rings is 1. The fourth-order valence-electron chi connectivity index (χ4n) is 2.15. The number of hydrogen-bond acceptors (Lipinski definition) is 3. The lowest BCUT2D eigenvalue weighted by Gasteiger charge is -2.38. The van der Waals surface area contributed by atoms with E-state index in [1.807, 2.05) is 13.1 Å². The molecule has 0 bridgehead atoms. The molecule has 1 aromatic rings. The van der Waals surface area contributed by atoms with E-state index < -0.39 is 0 Å².